The lowest BCUT2D eigenvalue weighted by molar-refractivity contribution is -0.00684. The molecule has 0 bridgehead atoms. The van der Waals surface area contributed by atoms with Gasteiger partial charge < -0.3 is 14.5 Å². The van der Waals surface area contributed by atoms with E-state index >= 15 is 0 Å². The van der Waals surface area contributed by atoms with Crippen molar-refractivity contribution in [3.05, 3.63) is 0 Å². The largest absolute Gasteiger partial charge is 0.469 e. The first kappa shape index (κ1) is 14.1. The first-order valence-electron chi connectivity index (χ1n) is 6.10. The smallest absolute Gasteiger partial charge is 0.375 e. The Balaban J connectivity index is 0.000000770. The lowest BCUT2D eigenvalue weighted by Gasteiger charge is -2.22. The van der Waals surface area contributed by atoms with E-state index in [1.165, 1.54) is 13.3 Å². The lowest BCUT2D eigenvalue weighted by Crippen LogP contribution is -2.29. The zero-order valence-corrected chi connectivity index (χ0v) is 11.2. The quantitative estimate of drug-likeness (QED) is 0.758. The second kappa shape index (κ2) is 7.41. The van der Waals surface area contributed by atoms with Gasteiger partial charge in [0.15, 0.2) is 0 Å². The van der Waals surface area contributed by atoms with Crippen LogP contribution in [0.1, 0.15) is 41.9 Å². The molecule has 0 saturated carbocycles. The van der Waals surface area contributed by atoms with E-state index in [-0.39, 0.29) is 5.92 Å². The van der Waals surface area contributed by atoms with E-state index in [0.717, 1.165) is 0 Å². The van der Waals surface area contributed by atoms with Gasteiger partial charge in [-0.05, 0) is 19.3 Å². The first-order valence-corrected chi connectivity index (χ1v) is 7.05. The Bertz CT molecular complexity index is 257. The second-order valence-corrected chi connectivity index (χ2v) is 5.18. The van der Waals surface area contributed by atoms with Crippen LogP contribution in [0.3, 0.4) is 0 Å². The maximum atomic E-state index is 10.6. The molecule has 4 atom stereocenters. The molecule has 2 N–H and O–H groups in total. The summed E-state index contributed by atoms with van der Waals surface area (Å²) in [5.74, 6) is 0.0825. The molecule has 0 aromatic heterocycles. The molecule has 0 aliphatic carbocycles. The SMILES string of the molecule is CCC.[3H][C@@H]1C[C@H](C)[C@@H]([C@@H](C)OP(=O)(O)O)O1. The van der Waals surface area contributed by atoms with E-state index in [0.29, 0.717) is 6.42 Å². The number of hydrogen-bond donors (Lipinski definition) is 2. The van der Waals surface area contributed by atoms with Crippen LogP contribution in [-0.2, 0) is 13.8 Å². The predicted molar refractivity (Wildman–Crippen MR) is 62.1 cm³/mol. The van der Waals surface area contributed by atoms with Gasteiger partial charge in [-0.1, -0.05) is 27.2 Å². The molecule has 1 aliphatic heterocycles. The summed E-state index contributed by atoms with van der Waals surface area (Å²) < 4.78 is 27.6. The summed E-state index contributed by atoms with van der Waals surface area (Å²) in [4.78, 5) is 17.2. The molecule has 0 amide bonds. The highest BCUT2D eigenvalue weighted by atomic mass is 31.2. The van der Waals surface area contributed by atoms with Gasteiger partial charge in [-0.15, -0.1) is 0 Å². The highest BCUT2D eigenvalue weighted by Crippen LogP contribution is 2.40. The number of phosphoric acid groups is 1. The van der Waals surface area contributed by atoms with E-state index in [2.05, 4.69) is 18.4 Å². The molecule has 16 heavy (non-hydrogen) atoms. The van der Waals surface area contributed by atoms with Crippen LogP contribution in [-0.4, -0.2) is 28.6 Å². The second-order valence-electron chi connectivity index (χ2n) is 3.99. The molecule has 1 saturated heterocycles. The molecule has 0 radical (unpaired) electrons. The predicted octanol–water partition coefficient (Wildman–Crippen LogP) is 2.33. The van der Waals surface area contributed by atoms with Gasteiger partial charge in [-0.2, -0.15) is 0 Å². The van der Waals surface area contributed by atoms with E-state index < -0.39 is 26.6 Å². The van der Waals surface area contributed by atoms with Crippen molar-refractivity contribution >= 4 is 7.82 Å². The van der Waals surface area contributed by atoms with Crippen molar-refractivity contribution in [1.29, 1.82) is 0 Å². The van der Waals surface area contributed by atoms with Gasteiger partial charge in [0.25, 0.3) is 0 Å². The van der Waals surface area contributed by atoms with Crippen LogP contribution in [0.2, 0.25) is 0 Å². The molecule has 98 valence electrons. The number of hydrogen-bond acceptors (Lipinski definition) is 3. The van der Waals surface area contributed by atoms with Gasteiger partial charge in [0, 0.05) is 6.58 Å². The van der Waals surface area contributed by atoms with Crippen LogP contribution in [0.4, 0.5) is 0 Å². The van der Waals surface area contributed by atoms with Crippen molar-refractivity contribution in [3.63, 3.8) is 0 Å². The maximum Gasteiger partial charge on any atom is 0.469 e. The van der Waals surface area contributed by atoms with E-state index in [4.69, 9.17) is 15.9 Å². The number of ether oxygens (including phenoxy) is 1. The summed E-state index contributed by atoms with van der Waals surface area (Å²) in [5, 5.41) is 0. The molecule has 0 aromatic rings. The third-order valence-electron chi connectivity index (χ3n) is 2.05. The van der Waals surface area contributed by atoms with Crippen LogP contribution >= 0.6 is 7.82 Å². The van der Waals surface area contributed by atoms with Crippen molar-refractivity contribution in [2.45, 2.75) is 52.7 Å². The van der Waals surface area contributed by atoms with Gasteiger partial charge in [-0.3, -0.25) is 4.52 Å². The minimum atomic E-state index is -4.46. The van der Waals surface area contributed by atoms with Crippen molar-refractivity contribution in [1.82, 2.24) is 0 Å². The van der Waals surface area contributed by atoms with Crippen LogP contribution in [0.5, 0.6) is 0 Å². The number of phosphoric ester groups is 1. The Morgan fingerprint density at radius 3 is 2.44 bits per heavy atom. The van der Waals surface area contributed by atoms with Crippen molar-refractivity contribution < 1.29 is 25.0 Å². The standard InChI is InChI=1S/C7H15O5P.C3H8/c1-5-3-4-11-7(5)6(2)12-13(8,9)10;1-3-2/h5-7H,3-4H2,1-2H3,(H2,8,9,10);3H2,1-2H3/t5-,6+,7-;/m0./s1/i4T;/t4-,5+,6-,7+;/m1.. The molecular weight excluding hydrogens is 231 g/mol. The summed E-state index contributed by atoms with van der Waals surface area (Å²) in [5.41, 5.74) is 0. The molecular formula is C10H23O5P. The van der Waals surface area contributed by atoms with E-state index in [9.17, 15) is 4.57 Å². The molecule has 0 aromatic carbocycles. The Labute approximate surface area is 98.8 Å². The van der Waals surface area contributed by atoms with Gasteiger partial charge in [-0.25, -0.2) is 4.57 Å². The molecule has 1 rings (SSSR count). The molecule has 1 fully saturated rings. The average Bonchev–Trinajstić information content (AvgIpc) is 2.43. The maximum absolute atomic E-state index is 10.6. The van der Waals surface area contributed by atoms with Gasteiger partial charge >= 0.3 is 7.82 Å². The molecule has 0 unspecified atom stereocenters. The Morgan fingerprint density at radius 2 is 2.12 bits per heavy atom. The highest BCUT2D eigenvalue weighted by molar-refractivity contribution is 7.46. The monoisotopic (exact) mass is 256 g/mol. The van der Waals surface area contributed by atoms with Gasteiger partial charge in [0.05, 0.1) is 13.6 Å². The summed E-state index contributed by atoms with van der Waals surface area (Å²) in [7, 11) is -4.46. The minimum absolute atomic E-state index is 0.0825. The van der Waals surface area contributed by atoms with Crippen molar-refractivity contribution in [2.24, 2.45) is 5.92 Å². The Hall–Kier alpha value is 0.0700. The van der Waals surface area contributed by atoms with Crippen LogP contribution in [0.15, 0.2) is 0 Å². The molecule has 5 nitrogen and oxygen atoms in total. The Kier molecular flexibility index (Phi) is 6.54. The molecule has 1 heterocycles. The summed E-state index contributed by atoms with van der Waals surface area (Å²) in [6, 6.07) is 0. The molecule has 0 spiro atoms. The van der Waals surface area contributed by atoms with Crippen LogP contribution in [0.25, 0.3) is 0 Å². The fourth-order valence-corrected chi connectivity index (χ4v) is 1.99. The molecule has 6 heteroatoms. The highest BCUT2D eigenvalue weighted by Gasteiger charge is 2.33. The topological polar surface area (TPSA) is 76.0 Å². The van der Waals surface area contributed by atoms with Gasteiger partial charge in [0.1, 0.15) is 0 Å². The summed E-state index contributed by atoms with van der Waals surface area (Å²) in [6.45, 7) is 7.05. The minimum Gasteiger partial charge on any atom is -0.375 e. The third-order valence-corrected chi connectivity index (χ3v) is 2.66. The molecule has 1 aliphatic rings. The zero-order valence-electron chi connectivity index (χ0n) is 11.3. The first-order chi connectivity index (χ1) is 7.71. The Morgan fingerprint density at radius 1 is 1.62 bits per heavy atom. The summed E-state index contributed by atoms with van der Waals surface area (Å²) >= 11 is 0. The van der Waals surface area contributed by atoms with E-state index in [1.54, 1.807) is 0 Å². The van der Waals surface area contributed by atoms with Crippen LogP contribution < -0.4 is 0 Å². The average molecular weight is 256 g/mol. The van der Waals surface area contributed by atoms with E-state index in [1.807, 2.05) is 6.92 Å². The third kappa shape index (κ3) is 6.61. The summed E-state index contributed by atoms with van der Waals surface area (Å²) in [6.07, 6.45) is 0.714. The van der Waals surface area contributed by atoms with Crippen LogP contribution in [0, 0.1) is 5.92 Å². The number of rotatable bonds is 3. The lowest BCUT2D eigenvalue weighted by atomic mass is 10.0. The van der Waals surface area contributed by atoms with Gasteiger partial charge in [0.2, 0.25) is 0 Å². The normalized spacial score (nSPS) is 32.6. The fourth-order valence-electron chi connectivity index (χ4n) is 1.44. The zero-order chi connectivity index (χ0) is 13.6. The van der Waals surface area contributed by atoms with Crippen molar-refractivity contribution in [3.8, 4) is 0 Å². The fraction of sp³-hybridized carbons (Fsp3) is 1.00. The van der Waals surface area contributed by atoms with Crippen molar-refractivity contribution in [2.75, 3.05) is 6.58 Å².